The molecule has 1 saturated carbocycles. The molecule has 206 valence electrons. The lowest BCUT2D eigenvalue weighted by Gasteiger charge is -2.24. The molecule has 0 spiro atoms. The first kappa shape index (κ1) is 26.1. The van der Waals surface area contributed by atoms with E-state index in [-0.39, 0.29) is 29.1 Å². The van der Waals surface area contributed by atoms with Crippen LogP contribution >= 0.6 is 11.8 Å². The average molecular weight is 569 g/mol. The number of hydrogen-bond donors (Lipinski definition) is 2. The predicted octanol–water partition coefficient (Wildman–Crippen LogP) is 3.98. The minimum absolute atomic E-state index is 0.0775. The number of aliphatic imine (C=N–C) groups is 1. The highest BCUT2D eigenvalue weighted by Gasteiger charge is 2.41. The number of carbonyl (C=O) groups excluding carboxylic acids is 2. The number of hydrogen-bond acceptors (Lipinski definition) is 8. The Morgan fingerprint density at radius 2 is 1.97 bits per heavy atom. The van der Waals surface area contributed by atoms with Gasteiger partial charge in [0.25, 0.3) is 5.91 Å². The topological polar surface area (TPSA) is 124 Å². The zero-order valence-corrected chi connectivity index (χ0v) is 23.8. The number of sulfonamides is 1. The van der Waals surface area contributed by atoms with Crippen molar-refractivity contribution >= 4 is 56.1 Å². The summed E-state index contributed by atoms with van der Waals surface area (Å²) in [6.07, 6.45) is 4.72. The van der Waals surface area contributed by atoms with Crippen LogP contribution in [-0.4, -0.2) is 60.2 Å². The number of thioether (sulfide) groups is 1. The first-order valence-corrected chi connectivity index (χ1v) is 16.1. The molecule has 2 N–H and O–H groups in total. The summed E-state index contributed by atoms with van der Waals surface area (Å²) in [6, 6.07) is 9.39. The molecule has 4 heterocycles. The lowest BCUT2D eigenvalue weighted by molar-refractivity contribution is -0.117. The standard InChI is InChI=1S/C27H32N6O4S2/c1-15-25(38-27(28-15)30-21-6-4-7-22(29-21)32-11-5-8-23(32)34)18-12-19-14-33(16(2)17-9-10-17)26(35)24(19)20(13-18)31-39(3,36)37/h4,6-7,12-13,15-17,25,31H,5,8-11,14H2,1-3H3,(H,28,29,30)/t15?,16-,25?/m0/s1. The molecular formula is C27H32N6O4S2. The molecule has 39 heavy (non-hydrogen) atoms. The van der Waals surface area contributed by atoms with Gasteiger partial charge in [0.2, 0.25) is 15.9 Å². The fourth-order valence-corrected chi connectivity index (χ4v) is 7.38. The summed E-state index contributed by atoms with van der Waals surface area (Å²) >= 11 is 1.54. The molecule has 3 atom stereocenters. The van der Waals surface area contributed by atoms with E-state index in [1.807, 2.05) is 36.1 Å². The first-order valence-electron chi connectivity index (χ1n) is 13.3. The Kier molecular flexibility index (Phi) is 6.57. The van der Waals surface area contributed by atoms with Crippen molar-refractivity contribution in [2.75, 3.05) is 27.7 Å². The van der Waals surface area contributed by atoms with Crippen LogP contribution < -0.4 is 14.9 Å². The van der Waals surface area contributed by atoms with Crippen molar-refractivity contribution < 1.29 is 18.0 Å². The SMILES string of the molecule is CC1N=C(Nc2cccc(N3CCCC3=O)n2)SC1c1cc2c(c(NS(C)(=O)=O)c1)C(=O)N([C@@H](C)C1CC1)C2. The highest BCUT2D eigenvalue weighted by molar-refractivity contribution is 8.14. The summed E-state index contributed by atoms with van der Waals surface area (Å²) in [4.78, 5) is 38.6. The summed E-state index contributed by atoms with van der Waals surface area (Å²) in [5.74, 6) is 1.71. The number of pyridine rings is 1. The van der Waals surface area contributed by atoms with Crippen LogP contribution in [0.25, 0.3) is 0 Å². The molecule has 2 amide bonds. The summed E-state index contributed by atoms with van der Waals surface area (Å²) in [5.41, 5.74) is 2.54. The molecule has 1 saturated heterocycles. The zero-order valence-electron chi connectivity index (χ0n) is 22.2. The number of fused-ring (bicyclic) bond motifs is 1. The van der Waals surface area contributed by atoms with Gasteiger partial charge in [0.1, 0.15) is 11.6 Å². The van der Waals surface area contributed by atoms with E-state index in [1.165, 1.54) is 0 Å². The Morgan fingerprint density at radius 3 is 2.67 bits per heavy atom. The number of benzene rings is 1. The number of nitrogens with zero attached hydrogens (tertiary/aromatic N) is 4. The van der Waals surface area contributed by atoms with Crippen LogP contribution in [0.5, 0.6) is 0 Å². The Labute approximate surface area is 232 Å². The number of carbonyl (C=O) groups is 2. The molecule has 2 aromatic rings. The lowest BCUT2D eigenvalue weighted by Crippen LogP contribution is -2.34. The van der Waals surface area contributed by atoms with Gasteiger partial charge in [0.15, 0.2) is 5.17 Å². The minimum atomic E-state index is -3.59. The molecular weight excluding hydrogens is 536 g/mol. The molecule has 10 nitrogen and oxygen atoms in total. The molecule has 0 bridgehead atoms. The molecule has 2 fully saturated rings. The van der Waals surface area contributed by atoms with Gasteiger partial charge < -0.3 is 10.2 Å². The van der Waals surface area contributed by atoms with E-state index in [9.17, 15) is 18.0 Å². The van der Waals surface area contributed by atoms with Gasteiger partial charge in [-0.15, -0.1) is 0 Å². The summed E-state index contributed by atoms with van der Waals surface area (Å²) in [5, 5.41) is 3.91. The Balaban J connectivity index is 1.24. The van der Waals surface area contributed by atoms with Gasteiger partial charge in [0, 0.05) is 25.6 Å². The van der Waals surface area contributed by atoms with Crippen molar-refractivity contribution in [1.29, 1.82) is 0 Å². The van der Waals surface area contributed by atoms with Crippen LogP contribution in [0.2, 0.25) is 0 Å². The molecule has 6 rings (SSSR count). The predicted molar refractivity (Wildman–Crippen MR) is 154 cm³/mol. The highest BCUT2D eigenvalue weighted by atomic mass is 32.2. The number of amides is 2. The van der Waals surface area contributed by atoms with E-state index in [0.717, 1.165) is 36.6 Å². The molecule has 1 aliphatic carbocycles. The molecule has 1 aromatic heterocycles. The van der Waals surface area contributed by atoms with Crippen molar-refractivity contribution in [2.24, 2.45) is 10.9 Å². The fourth-order valence-electron chi connectivity index (χ4n) is 5.66. The quantitative estimate of drug-likeness (QED) is 0.518. The minimum Gasteiger partial charge on any atom is -0.331 e. The van der Waals surface area contributed by atoms with E-state index >= 15 is 0 Å². The monoisotopic (exact) mass is 568 g/mol. The maximum atomic E-state index is 13.4. The van der Waals surface area contributed by atoms with Gasteiger partial charge in [-0.25, -0.2) is 13.4 Å². The fraction of sp³-hybridized carbons (Fsp3) is 0.481. The van der Waals surface area contributed by atoms with Crippen LogP contribution in [-0.2, 0) is 21.4 Å². The third-order valence-corrected chi connectivity index (χ3v) is 9.74. The highest BCUT2D eigenvalue weighted by Crippen LogP contribution is 2.45. The zero-order chi connectivity index (χ0) is 27.5. The van der Waals surface area contributed by atoms with Crippen LogP contribution in [0.3, 0.4) is 0 Å². The summed E-state index contributed by atoms with van der Waals surface area (Å²) in [7, 11) is -3.59. The maximum Gasteiger partial charge on any atom is 0.256 e. The third-order valence-electron chi connectivity index (χ3n) is 7.79. The number of amidine groups is 1. The van der Waals surface area contributed by atoms with Crippen LogP contribution in [0.15, 0.2) is 35.3 Å². The molecule has 1 aromatic carbocycles. The molecule has 3 aliphatic heterocycles. The largest absolute Gasteiger partial charge is 0.331 e. The van der Waals surface area contributed by atoms with Gasteiger partial charge in [-0.05, 0) is 68.4 Å². The summed E-state index contributed by atoms with van der Waals surface area (Å²) < 4.78 is 27.1. The van der Waals surface area contributed by atoms with Crippen molar-refractivity contribution in [3.05, 3.63) is 47.0 Å². The van der Waals surface area contributed by atoms with E-state index in [4.69, 9.17) is 4.99 Å². The van der Waals surface area contributed by atoms with Crippen molar-refractivity contribution in [3.63, 3.8) is 0 Å². The first-order chi connectivity index (χ1) is 18.6. The maximum absolute atomic E-state index is 13.4. The van der Waals surface area contributed by atoms with E-state index in [2.05, 4.69) is 21.9 Å². The Hall–Kier alpha value is -3.12. The molecule has 2 unspecified atom stereocenters. The third kappa shape index (κ3) is 5.23. The van der Waals surface area contributed by atoms with E-state index in [1.54, 1.807) is 22.7 Å². The smallest absolute Gasteiger partial charge is 0.256 e. The number of anilines is 3. The van der Waals surface area contributed by atoms with Gasteiger partial charge in [0.05, 0.1) is 28.8 Å². The second kappa shape index (κ2) is 9.81. The number of aromatic nitrogens is 1. The number of nitrogens with one attached hydrogen (secondary N) is 2. The second-order valence-electron chi connectivity index (χ2n) is 10.9. The average Bonchev–Trinajstić information content (AvgIpc) is 3.41. The molecule has 0 radical (unpaired) electrons. The van der Waals surface area contributed by atoms with Crippen LogP contribution in [0, 0.1) is 5.92 Å². The van der Waals surface area contributed by atoms with Crippen molar-refractivity contribution in [1.82, 2.24) is 9.88 Å². The van der Waals surface area contributed by atoms with Crippen LogP contribution in [0.1, 0.15) is 66.3 Å². The van der Waals surface area contributed by atoms with Gasteiger partial charge in [-0.2, -0.15) is 0 Å². The second-order valence-corrected chi connectivity index (χ2v) is 13.7. The summed E-state index contributed by atoms with van der Waals surface area (Å²) in [6.45, 7) is 5.24. The lowest BCUT2D eigenvalue weighted by atomic mass is 9.99. The van der Waals surface area contributed by atoms with Gasteiger partial charge in [-0.3, -0.25) is 24.2 Å². The van der Waals surface area contributed by atoms with E-state index in [0.29, 0.717) is 53.5 Å². The molecule has 4 aliphatic rings. The van der Waals surface area contributed by atoms with Gasteiger partial charge in [-0.1, -0.05) is 23.9 Å². The van der Waals surface area contributed by atoms with Crippen molar-refractivity contribution in [2.45, 2.75) is 63.4 Å². The normalized spacial score (nSPS) is 23.7. The van der Waals surface area contributed by atoms with E-state index < -0.39 is 10.0 Å². The van der Waals surface area contributed by atoms with Crippen LogP contribution in [0.4, 0.5) is 17.3 Å². The Morgan fingerprint density at radius 1 is 1.18 bits per heavy atom. The van der Waals surface area contributed by atoms with Crippen molar-refractivity contribution in [3.8, 4) is 0 Å². The Bertz CT molecular complexity index is 1490. The van der Waals surface area contributed by atoms with Gasteiger partial charge >= 0.3 is 0 Å². The number of rotatable bonds is 7. The molecule has 12 heteroatoms.